The molecule has 0 spiro atoms. The maximum absolute atomic E-state index is 5.22. The van der Waals surface area contributed by atoms with Crippen LogP contribution in [0, 0.1) is 12.3 Å². The first kappa shape index (κ1) is 5.36. The molecule has 2 heterocycles. The number of rotatable bonds is 0. The Morgan fingerprint density at radius 2 is 2.70 bits per heavy atom. The third-order valence-corrected chi connectivity index (χ3v) is 1.61. The average Bonchev–Trinajstić information content (AvgIpc) is 2.44. The van der Waals surface area contributed by atoms with Gasteiger partial charge in [-0.05, 0) is 0 Å². The predicted molar refractivity (Wildman–Crippen MR) is 38.7 cm³/mol. The van der Waals surface area contributed by atoms with Crippen LogP contribution in [0.5, 0.6) is 0 Å². The Balaban J connectivity index is 2.57. The van der Waals surface area contributed by atoms with E-state index < -0.39 is 0 Å². The van der Waals surface area contributed by atoms with E-state index in [-0.39, 0.29) is 0 Å². The van der Waals surface area contributed by atoms with Gasteiger partial charge in [0.2, 0.25) is 0 Å². The summed E-state index contributed by atoms with van der Waals surface area (Å²) in [5.74, 6) is 3.55. The molecule has 0 saturated heterocycles. The molecule has 0 saturated carbocycles. The van der Waals surface area contributed by atoms with Crippen molar-refractivity contribution in [1.82, 2.24) is 9.78 Å². The molecule has 0 atom stereocenters. The fourth-order valence-electron chi connectivity index (χ4n) is 1.13. The van der Waals surface area contributed by atoms with Gasteiger partial charge in [0.1, 0.15) is 5.82 Å². The van der Waals surface area contributed by atoms with Gasteiger partial charge in [0.15, 0.2) is 0 Å². The van der Waals surface area contributed by atoms with E-state index in [9.17, 15) is 0 Å². The Kier molecular flexibility index (Phi) is 0.952. The van der Waals surface area contributed by atoms with Gasteiger partial charge in [-0.3, -0.25) is 0 Å². The Bertz CT molecular complexity index is 292. The van der Waals surface area contributed by atoms with Gasteiger partial charge in [-0.1, -0.05) is 5.92 Å². The number of hydrogen-bond donors (Lipinski definition) is 1. The van der Waals surface area contributed by atoms with E-state index in [1.165, 1.54) is 0 Å². The standard InChI is InChI=1S/C7H7N3/c1-2-6-5-9-10-4-3-8-7(6)10/h1,5,8H,3-4H2. The average molecular weight is 133 g/mol. The lowest BCUT2D eigenvalue weighted by Crippen LogP contribution is -1.95. The van der Waals surface area contributed by atoms with E-state index in [1.807, 2.05) is 4.68 Å². The molecule has 0 bridgehead atoms. The first-order valence-corrected chi connectivity index (χ1v) is 3.18. The summed E-state index contributed by atoms with van der Waals surface area (Å²) in [6, 6.07) is 0. The molecule has 1 aromatic rings. The first-order chi connectivity index (χ1) is 4.92. The maximum atomic E-state index is 5.22. The van der Waals surface area contributed by atoms with Crippen molar-refractivity contribution in [3.63, 3.8) is 0 Å². The molecule has 1 aliphatic heterocycles. The first-order valence-electron chi connectivity index (χ1n) is 3.18. The third-order valence-electron chi connectivity index (χ3n) is 1.61. The monoisotopic (exact) mass is 133 g/mol. The van der Waals surface area contributed by atoms with E-state index in [0.717, 1.165) is 24.5 Å². The molecule has 0 aromatic carbocycles. The van der Waals surface area contributed by atoms with Crippen LogP contribution in [0.4, 0.5) is 5.82 Å². The molecule has 3 nitrogen and oxygen atoms in total. The van der Waals surface area contributed by atoms with Crippen molar-refractivity contribution in [2.24, 2.45) is 0 Å². The number of aromatic nitrogens is 2. The van der Waals surface area contributed by atoms with E-state index in [2.05, 4.69) is 16.3 Å². The summed E-state index contributed by atoms with van der Waals surface area (Å²) in [6.45, 7) is 1.87. The highest BCUT2D eigenvalue weighted by Crippen LogP contribution is 2.17. The molecule has 1 aromatic heterocycles. The zero-order valence-corrected chi connectivity index (χ0v) is 5.46. The zero-order chi connectivity index (χ0) is 6.97. The minimum absolute atomic E-state index is 0.859. The Labute approximate surface area is 59.0 Å². The van der Waals surface area contributed by atoms with Crippen LogP contribution in [0.3, 0.4) is 0 Å². The summed E-state index contributed by atoms with van der Waals surface area (Å²) < 4.78 is 1.88. The van der Waals surface area contributed by atoms with Gasteiger partial charge in [-0.15, -0.1) is 6.42 Å². The summed E-state index contributed by atoms with van der Waals surface area (Å²) in [4.78, 5) is 0. The van der Waals surface area contributed by atoms with Crippen molar-refractivity contribution in [3.8, 4) is 12.3 Å². The predicted octanol–water partition coefficient (Wildman–Crippen LogP) is 0.290. The SMILES string of the molecule is C#Cc1cnn2c1NCC2. The van der Waals surface area contributed by atoms with Crippen molar-refractivity contribution in [1.29, 1.82) is 0 Å². The number of fused-ring (bicyclic) bond motifs is 1. The number of nitrogens with one attached hydrogen (secondary N) is 1. The minimum Gasteiger partial charge on any atom is -0.367 e. The maximum Gasteiger partial charge on any atom is 0.140 e. The molecule has 50 valence electrons. The molecule has 0 aliphatic carbocycles. The van der Waals surface area contributed by atoms with Crippen LogP contribution in [0.15, 0.2) is 6.20 Å². The molecule has 3 heteroatoms. The van der Waals surface area contributed by atoms with Crippen LogP contribution in [0.2, 0.25) is 0 Å². The van der Waals surface area contributed by atoms with Crippen molar-refractivity contribution < 1.29 is 0 Å². The van der Waals surface area contributed by atoms with Gasteiger partial charge in [0.05, 0.1) is 18.3 Å². The summed E-state index contributed by atoms with van der Waals surface area (Å²) >= 11 is 0. The molecule has 2 rings (SSSR count). The fourth-order valence-corrected chi connectivity index (χ4v) is 1.13. The molecule has 0 unspecified atom stereocenters. The van der Waals surface area contributed by atoms with Crippen LogP contribution in [0.25, 0.3) is 0 Å². The number of anilines is 1. The van der Waals surface area contributed by atoms with Gasteiger partial charge in [-0.25, -0.2) is 4.68 Å². The lowest BCUT2D eigenvalue weighted by atomic mass is 10.3. The highest BCUT2D eigenvalue weighted by atomic mass is 15.4. The molecule has 0 amide bonds. The van der Waals surface area contributed by atoms with Crippen molar-refractivity contribution in [2.75, 3.05) is 11.9 Å². The van der Waals surface area contributed by atoms with Crippen molar-refractivity contribution >= 4 is 5.82 Å². The Morgan fingerprint density at radius 3 is 3.50 bits per heavy atom. The van der Waals surface area contributed by atoms with Gasteiger partial charge in [0.25, 0.3) is 0 Å². The topological polar surface area (TPSA) is 29.9 Å². The Morgan fingerprint density at radius 1 is 1.80 bits per heavy atom. The molecule has 1 N–H and O–H groups in total. The quantitative estimate of drug-likeness (QED) is 0.515. The van der Waals surface area contributed by atoms with Crippen LogP contribution < -0.4 is 5.32 Å². The number of hydrogen-bond acceptors (Lipinski definition) is 2. The fraction of sp³-hybridized carbons (Fsp3) is 0.286. The summed E-state index contributed by atoms with van der Waals surface area (Å²) in [5.41, 5.74) is 0.859. The summed E-state index contributed by atoms with van der Waals surface area (Å²) in [6.07, 6.45) is 6.93. The van der Waals surface area contributed by atoms with Crippen LogP contribution >= 0.6 is 0 Å². The van der Waals surface area contributed by atoms with Crippen LogP contribution in [-0.2, 0) is 6.54 Å². The number of terminal acetylenes is 1. The summed E-state index contributed by atoms with van der Waals surface area (Å²) in [5, 5.41) is 7.24. The number of nitrogens with zero attached hydrogens (tertiary/aromatic N) is 2. The van der Waals surface area contributed by atoms with Gasteiger partial charge < -0.3 is 5.32 Å². The van der Waals surface area contributed by atoms with Gasteiger partial charge >= 0.3 is 0 Å². The lowest BCUT2D eigenvalue weighted by molar-refractivity contribution is 0.696. The van der Waals surface area contributed by atoms with Gasteiger partial charge in [0, 0.05) is 6.54 Å². The second-order valence-electron chi connectivity index (χ2n) is 2.20. The zero-order valence-electron chi connectivity index (χ0n) is 5.46. The smallest absolute Gasteiger partial charge is 0.140 e. The summed E-state index contributed by atoms with van der Waals surface area (Å²) in [7, 11) is 0. The molecular weight excluding hydrogens is 126 g/mol. The molecule has 1 aliphatic rings. The normalized spacial score (nSPS) is 13.9. The van der Waals surface area contributed by atoms with E-state index in [0.29, 0.717) is 0 Å². The third kappa shape index (κ3) is 0.532. The lowest BCUT2D eigenvalue weighted by Gasteiger charge is -1.91. The molecule has 0 radical (unpaired) electrons. The largest absolute Gasteiger partial charge is 0.367 e. The Hall–Kier alpha value is -1.43. The molecule has 10 heavy (non-hydrogen) atoms. The van der Waals surface area contributed by atoms with E-state index in [4.69, 9.17) is 6.42 Å². The van der Waals surface area contributed by atoms with E-state index in [1.54, 1.807) is 6.20 Å². The van der Waals surface area contributed by atoms with Crippen molar-refractivity contribution in [3.05, 3.63) is 11.8 Å². The van der Waals surface area contributed by atoms with E-state index >= 15 is 0 Å². The van der Waals surface area contributed by atoms with Crippen LogP contribution in [-0.4, -0.2) is 16.3 Å². The van der Waals surface area contributed by atoms with Crippen LogP contribution in [0.1, 0.15) is 5.56 Å². The second-order valence-corrected chi connectivity index (χ2v) is 2.20. The molecular formula is C7H7N3. The second kappa shape index (κ2) is 1.77. The van der Waals surface area contributed by atoms with Gasteiger partial charge in [-0.2, -0.15) is 5.10 Å². The highest BCUT2D eigenvalue weighted by molar-refractivity contribution is 5.54. The van der Waals surface area contributed by atoms with Crippen molar-refractivity contribution in [2.45, 2.75) is 6.54 Å². The minimum atomic E-state index is 0.859. The highest BCUT2D eigenvalue weighted by Gasteiger charge is 2.12. The molecule has 0 fully saturated rings.